The van der Waals surface area contributed by atoms with E-state index in [-0.39, 0.29) is 43.1 Å². The molecule has 0 unspecified atom stereocenters. The molecule has 0 aromatic heterocycles. The van der Waals surface area contributed by atoms with Crippen molar-refractivity contribution >= 4 is 17.9 Å². The van der Waals surface area contributed by atoms with E-state index >= 15 is 0 Å². The van der Waals surface area contributed by atoms with E-state index in [2.05, 4.69) is 0 Å². The van der Waals surface area contributed by atoms with Crippen LogP contribution in [0.2, 0.25) is 0 Å². The number of methoxy groups -OCH3 is 1. The summed E-state index contributed by atoms with van der Waals surface area (Å²) in [6.07, 6.45) is -11.7. The van der Waals surface area contributed by atoms with E-state index in [0.29, 0.717) is 0 Å². The lowest BCUT2D eigenvalue weighted by Gasteiger charge is -2.46. The van der Waals surface area contributed by atoms with Crippen molar-refractivity contribution in [3.63, 3.8) is 0 Å². The van der Waals surface area contributed by atoms with Crippen molar-refractivity contribution in [2.75, 3.05) is 26.9 Å². The zero-order valence-electron chi connectivity index (χ0n) is 39.4. The first-order valence-corrected chi connectivity index (χ1v) is 23.5. The van der Waals surface area contributed by atoms with Gasteiger partial charge in [-0.2, -0.15) is 0 Å². The van der Waals surface area contributed by atoms with Gasteiger partial charge in [-0.1, -0.05) is 146 Å². The number of hydrogen-bond acceptors (Lipinski definition) is 15. The van der Waals surface area contributed by atoms with Crippen LogP contribution in [0, 0.1) is 16.0 Å². The van der Waals surface area contributed by atoms with E-state index in [9.17, 15) is 24.5 Å². The standard InChI is InChI=1S/C56H55NO15/c1-63-56-51(72-54(60)43-30-18-7-19-31-43)50(71-53(59)42-28-16-6-17-29-42)49(70-52(58)41-26-14-5-15-27-41)46(69-56)37-67-55-44(32-57(61)62)47(65-34-39-22-10-3-11-23-39)48(66-35-40-24-12-4-13-25-40)45(68-55)36-64-33-38-20-8-2-9-21-38/h2-31,44-51,55-56H,32-37H2,1H3/t44-,45-,46-,47-,48+,49-,50+,51-,55+,56+/m1/s1. The second-order valence-electron chi connectivity index (χ2n) is 17.1. The van der Waals surface area contributed by atoms with E-state index < -0.39 is 97.2 Å². The van der Waals surface area contributed by atoms with Gasteiger partial charge >= 0.3 is 17.9 Å². The highest BCUT2D eigenvalue weighted by atomic mass is 16.7. The minimum absolute atomic E-state index is 0.0421. The van der Waals surface area contributed by atoms with Crippen molar-refractivity contribution in [1.82, 2.24) is 0 Å². The Morgan fingerprint density at radius 1 is 0.458 bits per heavy atom. The molecule has 374 valence electrons. The Balaban J connectivity index is 1.15. The zero-order valence-corrected chi connectivity index (χ0v) is 39.4. The van der Waals surface area contributed by atoms with Gasteiger partial charge in [0.25, 0.3) is 0 Å². The van der Waals surface area contributed by atoms with Gasteiger partial charge < -0.3 is 47.4 Å². The molecular formula is C56H55NO15. The summed E-state index contributed by atoms with van der Waals surface area (Å²) in [6, 6.07) is 52.7. The average molecular weight is 982 g/mol. The zero-order chi connectivity index (χ0) is 50.1. The van der Waals surface area contributed by atoms with Gasteiger partial charge in [-0.15, -0.1) is 0 Å². The van der Waals surface area contributed by atoms with Crippen molar-refractivity contribution in [3.05, 3.63) is 225 Å². The van der Waals surface area contributed by atoms with Gasteiger partial charge in [-0.3, -0.25) is 10.1 Å². The normalized spacial score (nSPS) is 23.8. The second-order valence-corrected chi connectivity index (χ2v) is 17.1. The molecule has 16 nitrogen and oxygen atoms in total. The number of rotatable bonds is 22. The van der Waals surface area contributed by atoms with Crippen LogP contribution in [0.15, 0.2) is 182 Å². The van der Waals surface area contributed by atoms with Gasteiger partial charge in [0.15, 0.2) is 30.9 Å². The van der Waals surface area contributed by atoms with Gasteiger partial charge in [-0.05, 0) is 53.1 Å². The molecule has 0 spiro atoms. The largest absolute Gasteiger partial charge is 0.452 e. The van der Waals surface area contributed by atoms with Crippen molar-refractivity contribution in [2.24, 2.45) is 5.92 Å². The van der Waals surface area contributed by atoms with Crippen LogP contribution < -0.4 is 0 Å². The molecule has 16 heteroatoms. The lowest BCUT2D eigenvalue weighted by Crippen LogP contribution is -2.64. The Labute approximate surface area is 416 Å². The average Bonchev–Trinajstić information content (AvgIpc) is 3.42. The minimum Gasteiger partial charge on any atom is -0.452 e. The number of nitrogens with zero attached hydrogens (tertiary/aromatic N) is 1. The molecule has 6 aromatic carbocycles. The Morgan fingerprint density at radius 3 is 1.31 bits per heavy atom. The number of carbonyl (C=O) groups excluding carboxylic acids is 3. The van der Waals surface area contributed by atoms with Crippen LogP contribution in [-0.2, 0) is 67.2 Å². The molecule has 2 saturated heterocycles. The third kappa shape index (κ3) is 13.8. The molecular weight excluding hydrogens is 927 g/mol. The number of hydrogen-bond donors (Lipinski definition) is 0. The monoisotopic (exact) mass is 981 g/mol. The van der Waals surface area contributed by atoms with Crippen LogP contribution in [0.1, 0.15) is 47.8 Å². The van der Waals surface area contributed by atoms with Crippen LogP contribution in [0.5, 0.6) is 0 Å². The SMILES string of the molecule is CO[C@H]1O[C@H](CO[C@H]2O[C@H](COCc3ccccc3)[C@H](OCc3ccccc3)[C@H](OCc3ccccc3)[C@H]2C[N+](=O)[O-])[C@@H](OC(=O)c2ccccc2)[C@H](OC(=O)c2ccccc2)[C@H]1OC(=O)c1ccccc1. The molecule has 0 bridgehead atoms. The Hall–Kier alpha value is -7.15. The molecule has 2 aliphatic rings. The summed E-state index contributed by atoms with van der Waals surface area (Å²) >= 11 is 0. The molecule has 2 heterocycles. The van der Waals surface area contributed by atoms with E-state index in [0.717, 1.165) is 16.7 Å². The van der Waals surface area contributed by atoms with Crippen LogP contribution in [-0.4, -0.2) is 105 Å². The quantitative estimate of drug-likeness (QED) is 0.0275. The summed E-state index contributed by atoms with van der Waals surface area (Å²) in [6.45, 7) is -0.824. The fourth-order valence-corrected chi connectivity index (χ4v) is 8.53. The van der Waals surface area contributed by atoms with E-state index in [1.807, 2.05) is 91.0 Å². The van der Waals surface area contributed by atoms with Crippen LogP contribution in [0.3, 0.4) is 0 Å². The van der Waals surface area contributed by atoms with Gasteiger partial charge in [0.1, 0.15) is 30.3 Å². The van der Waals surface area contributed by atoms with Crippen molar-refractivity contribution in [1.29, 1.82) is 0 Å². The minimum atomic E-state index is -1.58. The first-order chi connectivity index (χ1) is 35.2. The highest BCUT2D eigenvalue weighted by molar-refractivity contribution is 5.91. The van der Waals surface area contributed by atoms with Crippen LogP contribution in [0.25, 0.3) is 0 Å². The summed E-state index contributed by atoms with van der Waals surface area (Å²) in [5, 5.41) is 12.7. The summed E-state index contributed by atoms with van der Waals surface area (Å²) in [4.78, 5) is 54.1. The van der Waals surface area contributed by atoms with E-state index in [1.54, 1.807) is 66.7 Å². The lowest BCUT2D eigenvalue weighted by atomic mass is 9.90. The highest BCUT2D eigenvalue weighted by Crippen LogP contribution is 2.36. The summed E-state index contributed by atoms with van der Waals surface area (Å²) in [5.74, 6) is -3.59. The van der Waals surface area contributed by atoms with Crippen LogP contribution in [0.4, 0.5) is 0 Å². The van der Waals surface area contributed by atoms with Crippen molar-refractivity contribution in [3.8, 4) is 0 Å². The molecule has 6 aromatic rings. The molecule has 10 atom stereocenters. The second kappa shape index (κ2) is 25.8. The van der Waals surface area contributed by atoms with Gasteiger partial charge in [0.05, 0.1) is 49.7 Å². The fourth-order valence-electron chi connectivity index (χ4n) is 8.53. The van der Waals surface area contributed by atoms with Crippen molar-refractivity contribution < 1.29 is 66.7 Å². The topological polar surface area (TPSA) is 187 Å². The highest BCUT2D eigenvalue weighted by Gasteiger charge is 2.55. The predicted octanol–water partition coefficient (Wildman–Crippen LogP) is 8.06. The third-order valence-corrected chi connectivity index (χ3v) is 12.1. The molecule has 8 rings (SSSR count). The van der Waals surface area contributed by atoms with Gasteiger partial charge in [0, 0.05) is 12.0 Å². The van der Waals surface area contributed by atoms with Crippen LogP contribution >= 0.6 is 0 Å². The molecule has 0 amide bonds. The molecule has 2 aliphatic heterocycles. The third-order valence-electron chi connectivity index (χ3n) is 12.1. The van der Waals surface area contributed by atoms with E-state index in [1.165, 1.54) is 31.4 Å². The number of ether oxygens (including phenoxy) is 10. The molecule has 72 heavy (non-hydrogen) atoms. The smallest absolute Gasteiger partial charge is 0.338 e. The first-order valence-electron chi connectivity index (χ1n) is 23.5. The maximum atomic E-state index is 14.1. The Bertz CT molecular complexity index is 2610. The maximum absolute atomic E-state index is 14.1. The summed E-state index contributed by atoms with van der Waals surface area (Å²) in [5.41, 5.74) is 3.03. The molecule has 0 radical (unpaired) electrons. The molecule has 2 fully saturated rings. The summed E-state index contributed by atoms with van der Waals surface area (Å²) in [7, 11) is 1.31. The van der Waals surface area contributed by atoms with Gasteiger partial charge in [-0.25, -0.2) is 14.4 Å². The Morgan fingerprint density at radius 2 is 0.847 bits per heavy atom. The number of esters is 3. The van der Waals surface area contributed by atoms with Crippen molar-refractivity contribution in [2.45, 2.75) is 75.1 Å². The fraction of sp³-hybridized carbons (Fsp3) is 0.304. The number of benzene rings is 6. The van der Waals surface area contributed by atoms with E-state index in [4.69, 9.17) is 47.4 Å². The maximum Gasteiger partial charge on any atom is 0.338 e. The number of carbonyl (C=O) groups is 3. The first kappa shape index (κ1) is 51.2. The molecule has 0 saturated carbocycles. The van der Waals surface area contributed by atoms with Gasteiger partial charge in [0.2, 0.25) is 6.54 Å². The predicted molar refractivity (Wildman–Crippen MR) is 259 cm³/mol. The lowest BCUT2D eigenvalue weighted by molar-refractivity contribution is -0.503. The molecule has 0 aliphatic carbocycles. The summed E-state index contributed by atoms with van der Waals surface area (Å²) < 4.78 is 63.6. The Kier molecular flexibility index (Phi) is 18.4. The number of nitro groups is 1. The molecule has 0 N–H and O–H groups in total.